The number of halogens is 1. The van der Waals surface area contributed by atoms with E-state index in [-0.39, 0.29) is 22.5 Å². The second kappa shape index (κ2) is 11.1. The summed E-state index contributed by atoms with van der Waals surface area (Å²) >= 11 is 1.06. The number of rotatable bonds is 8. The first-order chi connectivity index (χ1) is 18.1. The Bertz CT molecular complexity index is 1610. The van der Waals surface area contributed by atoms with Crippen molar-refractivity contribution in [3.8, 4) is 11.4 Å². The molecule has 0 spiro atoms. The maximum Gasteiger partial charge on any atom is 0.266 e. The summed E-state index contributed by atoms with van der Waals surface area (Å²) in [5, 5.41) is 3.43. The maximum absolute atomic E-state index is 14.6. The van der Waals surface area contributed by atoms with Crippen LogP contribution in [0, 0.1) is 5.82 Å². The van der Waals surface area contributed by atoms with Gasteiger partial charge in [-0.2, -0.15) is 0 Å². The first kappa shape index (κ1) is 24.3. The molecule has 6 nitrogen and oxygen atoms in total. The largest absolute Gasteiger partial charge is 0.489 e. The maximum atomic E-state index is 14.6. The summed E-state index contributed by atoms with van der Waals surface area (Å²) in [4.78, 5) is 30.5. The molecule has 0 bridgehead atoms. The van der Waals surface area contributed by atoms with E-state index in [0.717, 1.165) is 17.3 Å². The minimum atomic E-state index is -0.553. The Morgan fingerprint density at radius 2 is 1.59 bits per heavy atom. The molecule has 5 rings (SSSR count). The molecule has 0 atom stereocenters. The highest BCUT2D eigenvalue weighted by Gasteiger charge is 2.17. The third-order valence-electron chi connectivity index (χ3n) is 5.56. The van der Waals surface area contributed by atoms with Crippen molar-refractivity contribution in [1.29, 1.82) is 0 Å². The summed E-state index contributed by atoms with van der Waals surface area (Å²) in [6, 6.07) is 29.8. The number of ether oxygens (including phenoxy) is 1. The number of hydrogen-bond acceptors (Lipinski definition) is 5. The highest BCUT2D eigenvalue weighted by atomic mass is 32.2. The fourth-order valence-electron chi connectivity index (χ4n) is 3.76. The second-order valence-electron chi connectivity index (χ2n) is 8.14. The fraction of sp³-hybridized carbons (Fsp3) is 0.0690. The zero-order valence-electron chi connectivity index (χ0n) is 19.6. The van der Waals surface area contributed by atoms with E-state index in [9.17, 15) is 14.0 Å². The van der Waals surface area contributed by atoms with Crippen LogP contribution in [0.1, 0.15) is 5.56 Å². The van der Waals surface area contributed by atoms with Crippen molar-refractivity contribution < 1.29 is 13.9 Å². The van der Waals surface area contributed by atoms with Crippen molar-refractivity contribution in [3.63, 3.8) is 0 Å². The van der Waals surface area contributed by atoms with Gasteiger partial charge in [-0.05, 0) is 54.1 Å². The van der Waals surface area contributed by atoms with Gasteiger partial charge in [0.15, 0.2) is 5.16 Å². The van der Waals surface area contributed by atoms with E-state index < -0.39 is 11.4 Å². The molecule has 1 N–H and O–H groups in total. The Kier molecular flexibility index (Phi) is 7.28. The van der Waals surface area contributed by atoms with E-state index in [1.165, 1.54) is 16.7 Å². The van der Waals surface area contributed by atoms with Gasteiger partial charge in [0, 0.05) is 5.69 Å². The van der Waals surface area contributed by atoms with Crippen molar-refractivity contribution in [3.05, 3.63) is 125 Å². The van der Waals surface area contributed by atoms with Gasteiger partial charge in [-0.25, -0.2) is 9.37 Å². The summed E-state index contributed by atoms with van der Waals surface area (Å²) in [6.07, 6.45) is 0. The Hall–Kier alpha value is -4.43. The molecule has 0 aliphatic rings. The zero-order valence-corrected chi connectivity index (χ0v) is 20.5. The Morgan fingerprint density at radius 3 is 2.38 bits per heavy atom. The van der Waals surface area contributed by atoms with Crippen molar-refractivity contribution in [2.45, 2.75) is 11.8 Å². The lowest BCUT2D eigenvalue weighted by Gasteiger charge is -2.14. The van der Waals surface area contributed by atoms with E-state index >= 15 is 0 Å². The molecule has 37 heavy (non-hydrogen) atoms. The Balaban J connectivity index is 1.29. The molecule has 0 aliphatic carbocycles. The van der Waals surface area contributed by atoms with Crippen molar-refractivity contribution >= 4 is 34.3 Å². The van der Waals surface area contributed by atoms with Crippen LogP contribution in [0.5, 0.6) is 5.75 Å². The summed E-state index contributed by atoms with van der Waals surface area (Å²) in [7, 11) is 0. The van der Waals surface area contributed by atoms with Gasteiger partial charge in [0.25, 0.3) is 5.56 Å². The van der Waals surface area contributed by atoms with Gasteiger partial charge in [-0.15, -0.1) is 0 Å². The number of nitrogens with one attached hydrogen (secondary N) is 1. The van der Waals surface area contributed by atoms with Gasteiger partial charge in [-0.3, -0.25) is 14.2 Å². The molecule has 4 aromatic carbocycles. The van der Waals surface area contributed by atoms with Crippen LogP contribution in [0.3, 0.4) is 0 Å². The lowest BCUT2D eigenvalue weighted by molar-refractivity contribution is -0.113. The van der Waals surface area contributed by atoms with Crippen LogP contribution in [-0.4, -0.2) is 21.2 Å². The third kappa shape index (κ3) is 5.70. The van der Waals surface area contributed by atoms with E-state index in [4.69, 9.17) is 4.74 Å². The molecule has 1 heterocycles. The van der Waals surface area contributed by atoms with Gasteiger partial charge in [0.2, 0.25) is 5.91 Å². The second-order valence-corrected chi connectivity index (χ2v) is 9.08. The molecule has 0 aliphatic heterocycles. The number of anilines is 1. The predicted molar refractivity (Wildman–Crippen MR) is 144 cm³/mol. The number of hydrogen-bond donors (Lipinski definition) is 1. The number of nitrogens with zero attached hydrogens (tertiary/aromatic N) is 2. The van der Waals surface area contributed by atoms with Gasteiger partial charge in [-0.1, -0.05) is 66.4 Å². The van der Waals surface area contributed by atoms with E-state index in [1.54, 1.807) is 60.7 Å². The predicted octanol–water partition coefficient (Wildman–Crippen LogP) is 5.83. The van der Waals surface area contributed by atoms with Gasteiger partial charge >= 0.3 is 0 Å². The summed E-state index contributed by atoms with van der Waals surface area (Å²) in [5.74, 6) is -0.177. The SMILES string of the molecule is O=C(CSc1nc2ccccc2c(=O)n1-c1ccccc1F)Nc1ccc(OCc2ccccc2)cc1. The molecule has 1 aromatic heterocycles. The van der Waals surface area contributed by atoms with E-state index in [2.05, 4.69) is 10.3 Å². The lowest BCUT2D eigenvalue weighted by Crippen LogP contribution is -2.23. The number of carbonyl (C=O) groups excluding carboxylic acids is 1. The third-order valence-corrected chi connectivity index (χ3v) is 6.50. The quantitative estimate of drug-likeness (QED) is 0.210. The average molecular weight is 512 g/mol. The van der Waals surface area contributed by atoms with Crippen molar-refractivity contribution in [1.82, 2.24) is 9.55 Å². The lowest BCUT2D eigenvalue weighted by atomic mass is 10.2. The van der Waals surface area contributed by atoms with Crippen LogP contribution in [0.15, 0.2) is 113 Å². The molecule has 0 unspecified atom stereocenters. The highest BCUT2D eigenvalue weighted by Crippen LogP contribution is 2.23. The van der Waals surface area contributed by atoms with Crippen molar-refractivity contribution in [2.24, 2.45) is 0 Å². The topological polar surface area (TPSA) is 73.2 Å². The smallest absolute Gasteiger partial charge is 0.266 e. The van der Waals surface area contributed by atoms with Crippen LogP contribution < -0.4 is 15.6 Å². The first-order valence-electron chi connectivity index (χ1n) is 11.5. The van der Waals surface area contributed by atoms with Crippen LogP contribution >= 0.6 is 11.8 Å². The molecule has 0 fully saturated rings. The first-order valence-corrected chi connectivity index (χ1v) is 12.5. The summed E-state index contributed by atoms with van der Waals surface area (Å²) < 4.78 is 21.6. The number of para-hydroxylation sites is 2. The number of aromatic nitrogens is 2. The summed E-state index contributed by atoms with van der Waals surface area (Å²) in [6.45, 7) is 0.450. The summed E-state index contributed by atoms with van der Waals surface area (Å²) in [5.41, 5.74) is 1.84. The van der Waals surface area contributed by atoms with Crippen LogP contribution in [-0.2, 0) is 11.4 Å². The Labute approximate surface area is 216 Å². The van der Waals surface area contributed by atoms with E-state index in [1.807, 2.05) is 30.3 Å². The monoisotopic (exact) mass is 511 g/mol. The van der Waals surface area contributed by atoms with Gasteiger partial charge in [0.05, 0.1) is 22.3 Å². The highest BCUT2D eigenvalue weighted by molar-refractivity contribution is 7.99. The number of carbonyl (C=O) groups is 1. The number of fused-ring (bicyclic) bond motifs is 1. The molecule has 1 amide bonds. The molecule has 0 saturated heterocycles. The van der Waals surface area contributed by atoms with Crippen LogP contribution in [0.25, 0.3) is 16.6 Å². The van der Waals surface area contributed by atoms with E-state index in [0.29, 0.717) is 28.9 Å². The Morgan fingerprint density at radius 1 is 0.892 bits per heavy atom. The van der Waals surface area contributed by atoms with Crippen molar-refractivity contribution in [2.75, 3.05) is 11.1 Å². The molecular formula is C29H22FN3O3S. The molecule has 8 heteroatoms. The number of benzene rings is 4. The van der Waals surface area contributed by atoms with Crippen LogP contribution in [0.2, 0.25) is 0 Å². The molecular weight excluding hydrogens is 489 g/mol. The minimum Gasteiger partial charge on any atom is -0.489 e. The minimum absolute atomic E-state index is 0.0223. The number of amides is 1. The van der Waals surface area contributed by atoms with Gasteiger partial charge in [0.1, 0.15) is 18.2 Å². The number of thioether (sulfide) groups is 1. The standard InChI is InChI=1S/C29H22FN3O3S/c30-24-11-5-7-13-26(24)33-28(35)23-10-4-6-12-25(23)32-29(33)37-19-27(34)31-21-14-16-22(17-15-21)36-18-20-8-2-1-3-9-20/h1-17H,18-19H2,(H,31,34). The normalized spacial score (nSPS) is 10.8. The molecule has 0 saturated carbocycles. The van der Waals surface area contributed by atoms with Crippen LogP contribution in [0.4, 0.5) is 10.1 Å². The molecule has 184 valence electrons. The zero-order chi connectivity index (χ0) is 25.6. The average Bonchev–Trinajstić information content (AvgIpc) is 2.93. The van der Waals surface area contributed by atoms with Gasteiger partial charge < -0.3 is 10.1 Å². The molecule has 0 radical (unpaired) electrons. The molecule has 5 aromatic rings. The fourth-order valence-corrected chi connectivity index (χ4v) is 4.56.